The van der Waals surface area contributed by atoms with Gasteiger partial charge in [-0.1, -0.05) is 91.9 Å². The lowest BCUT2D eigenvalue weighted by Gasteiger charge is -2.12. The molecule has 0 saturated carbocycles. The summed E-state index contributed by atoms with van der Waals surface area (Å²) in [4.78, 5) is 0. The molecule has 0 aliphatic rings. The highest BCUT2D eigenvalue weighted by molar-refractivity contribution is 4.57. The fourth-order valence-corrected chi connectivity index (χ4v) is 2.66. The third-order valence-corrected chi connectivity index (χ3v) is 3.92. The highest BCUT2D eigenvalue weighted by Crippen LogP contribution is 2.16. The van der Waals surface area contributed by atoms with Crippen LogP contribution >= 0.6 is 0 Å². The molecule has 0 aliphatic carbocycles. The number of hydrogen-bond acceptors (Lipinski definition) is 1. The SMILES string of the molecule is C.CCCCCCCCCCCCC(CO)CCC. The molecule has 0 spiro atoms. The standard InChI is InChI=1S/C17H36O.CH4/c1-3-5-6-7-8-9-10-11-12-13-15-17(16-18)14-4-2;/h17-18H,3-16H2,1-2H3;1H4. The molecule has 0 aromatic rings. The van der Waals surface area contributed by atoms with Crippen molar-refractivity contribution in [3.63, 3.8) is 0 Å². The molecule has 0 aromatic heterocycles. The minimum atomic E-state index is 0. The van der Waals surface area contributed by atoms with Crippen LogP contribution < -0.4 is 0 Å². The van der Waals surface area contributed by atoms with Crippen LogP contribution in [0.4, 0.5) is 0 Å². The number of aliphatic hydroxyl groups is 1. The first-order valence-electron chi connectivity index (χ1n) is 8.46. The van der Waals surface area contributed by atoms with Crippen molar-refractivity contribution in [3.05, 3.63) is 0 Å². The van der Waals surface area contributed by atoms with Crippen molar-refractivity contribution < 1.29 is 5.11 Å². The monoisotopic (exact) mass is 272 g/mol. The molecule has 1 unspecified atom stereocenters. The fraction of sp³-hybridized carbons (Fsp3) is 1.00. The highest BCUT2D eigenvalue weighted by Gasteiger charge is 2.05. The molecule has 1 heteroatoms. The fourth-order valence-electron chi connectivity index (χ4n) is 2.66. The van der Waals surface area contributed by atoms with E-state index >= 15 is 0 Å². The van der Waals surface area contributed by atoms with Crippen LogP contribution in [0.5, 0.6) is 0 Å². The van der Waals surface area contributed by atoms with Crippen LogP contribution in [-0.2, 0) is 0 Å². The van der Waals surface area contributed by atoms with Crippen molar-refractivity contribution in [1.29, 1.82) is 0 Å². The van der Waals surface area contributed by atoms with Gasteiger partial charge in [-0.05, 0) is 18.8 Å². The van der Waals surface area contributed by atoms with E-state index in [1.165, 1.54) is 83.5 Å². The second-order valence-electron chi connectivity index (χ2n) is 5.81. The molecule has 0 amide bonds. The summed E-state index contributed by atoms with van der Waals surface area (Å²) in [6.07, 6.45) is 17.7. The zero-order chi connectivity index (χ0) is 13.5. The minimum absolute atomic E-state index is 0. The van der Waals surface area contributed by atoms with E-state index in [0.29, 0.717) is 12.5 Å². The number of hydrogen-bond donors (Lipinski definition) is 1. The van der Waals surface area contributed by atoms with Gasteiger partial charge in [0.15, 0.2) is 0 Å². The molecular weight excluding hydrogens is 232 g/mol. The number of aliphatic hydroxyl groups excluding tert-OH is 1. The Labute approximate surface area is 123 Å². The summed E-state index contributed by atoms with van der Waals surface area (Å²) >= 11 is 0. The van der Waals surface area contributed by atoms with Crippen LogP contribution in [0, 0.1) is 5.92 Å². The second-order valence-corrected chi connectivity index (χ2v) is 5.81. The maximum Gasteiger partial charge on any atom is 0.0459 e. The summed E-state index contributed by atoms with van der Waals surface area (Å²) < 4.78 is 0. The van der Waals surface area contributed by atoms with Gasteiger partial charge < -0.3 is 5.11 Å². The summed E-state index contributed by atoms with van der Waals surface area (Å²) in [5.74, 6) is 0.573. The Balaban J connectivity index is 0. The molecule has 0 heterocycles. The lowest BCUT2D eigenvalue weighted by Crippen LogP contribution is -2.05. The normalized spacial score (nSPS) is 12.2. The quantitative estimate of drug-likeness (QED) is 0.366. The van der Waals surface area contributed by atoms with Gasteiger partial charge in [0.25, 0.3) is 0 Å². The van der Waals surface area contributed by atoms with Crippen LogP contribution in [0.3, 0.4) is 0 Å². The Morgan fingerprint density at radius 3 is 1.53 bits per heavy atom. The molecule has 1 atom stereocenters. The molecule has 0 rings (SSSR count). The first-order chi connectivity index (χ1) is 8.85. The van der Waals surface area contributed by atoms with Crippen molar-refractivity contribution in [3.8, 4) is 0 Å². The van der Waals surface area contributed by atoms with Crippen molar-refractivity contribution >= 4 is 0 Å². The second kappa shape index (κ2) is 18.0. The molecule has 0 aliphatic heterocycles. The van der Waals surface area contributed by atoms with Crippen LogP contribution in [0.1, 0.15) is 105 Å². The summed E-state index contributed by atoms with van der Waals surface area (Å²) in [5, 5.41) is 9.20. The van der Waals surface area contributed by atoms with E-state index in [1.54, 1.807) is 0 Å². The van der Waals surface area contributed by atoms with E-state index < -0.39 is 0 Å². The average molecular weight is 273 g/mol. The molecule has 19 heavy (non-hydrogen) atoms. The topological polar surface area (TPSA) is 20.2 Å². The Hall–Kier alpha value is -0.0400. The zero-order valence-corrected chi connectivity index (χ0v) is 12.9. The molecule has 0 radical (unpaired) electrons. The van der Waals surface area contributed by atoms with Crippen molar-refractivity contribution in [2.45, 2.75) is 105 Å². The third-order valence-electron chi connectivity index (χ3n) is 3.92. The van der Waals surface area contributed by atoms with Crippen LogP contribution in [0.15, 0.2) is 0 Å². The van der Waals surface area contributed by atoms with Gasteiger partial charge in [0, 0.05) is 6.61 Å². The van der Waals surface area contributed by atoms with Gasteiger partial charge in [0.2, 0.25) is 0 Å². The van der Waals surface area contributed by atoms with Crippen molar-refractivity contribution in [2.24, 2.45) is 5.92 Å². The lowest BCUT2D eigenvalue weighted by molar-refractivity contribution is 0.206. The molecule has 0 aromatic carbocycles. The van der Waals surface area contributed by atoms with Gasteiger partial charge in [0.05, 0.1) is 0 Å². The average Bonchev–Trinajstić information content (AvgIpc) is 2.39. The summed E-state index contributed by atoms with van der Waals surface area (Å²) in [7, 11) is 0. The van der Waals surface area contributed by atoms with Gasteiger partial charge in [-0.3, -0.25) is 0 Å². The van der Waals surface area contributed by atoms with E-state index in [-0.39, 0.29) is 7.43 Å². The van der Waals surface area contributed by atoms with Gasteiger partial charge in [0.1, 0.15) is 0 Å². The smallest absolute Gasteiger partial charge is 0.0459 e. The number of unbranched alkanes of at least 4 members (excludes halogenated alkanes) is 9. The molecule has 1 nitrogen and oxygen atoms in total. The Kier molecular flexibility index (Phi) is 20.1. The molecule has 0 saturated heterocycles. The van der Waals surface area contributed by atoms with Crippen LogP contribution in [0.2, 0.25) is 0 Å². The first kappa shape index (κ1) is 21.3. The third kappa shape index (κ3) is 15.9. The molecule has 0 bridgehead atoms. The van der Waals surface area contributed by atoms with Crippen molar-refractivity contribution in [1.82, 2.24) is 0 Å². The lowest BCUT2D eigenvalue weighted by atomic mass is 9.97. The number of rotatable bonds is 14. The Morgan fingerprint density at radius 1 is 0.632 bits per heavy atom. The Morgan fingerprint density at radius 2 is 1.11 bits per heavy atom. The molecule has 1 N–H and O–H groups in total. The molecule has 118 valence electrons. The Bertz CT molecular complexity index is 145. The van der Waals surface area contributed by atoms with E-state index in [4.69, 9.17) is 0 Å². The maximum absolute atomic E-state index is 9.20. The van der Waals surface area contributed by atoms with E-state index in [9.17, 15) is 5.11 Å². The van der Waals surface area contributed by atoms with Crippen molar-refractivity contribution in [2.75, 3.05) is 6.61 Å². The largest absolute Gasteiger partial charge is 0.396 e. The predicted octanol–water partition coefficient (Wildman–Crippen LogP) is 6.34. The van der Waals surface area contributed by atoms with E-state index in [2.05, 4.69) is 13.8 Å². The summed E-state index contributed by atoms with van der Waals surface area (Å²) in [6, 6.07) is 0. The highest BCUT2D eigenvalue weighted by atomic mass is 16.3. The van der Waals surface area contributed by atoms with Gasteiger partial charge in [-0.2, -0.15) is 0 Å². The van der Waals surface area contributed by atoms with Gasteiger partial charge >= 0.3 is 0 Å². The van der Waals surface area contributed by atoms with E-state index in [0.717, 1.165) is 0 Å². The summed E-state index contributed by atoms with van der Waals surface area (Å²) in [5.41, 5.74) is 0. The first-order valence-corrected chi connectivity index (χ1v) is 8.46. The molecular formula is C18H40O. The minimum Gasteiger partial charge on any atom is -0.396 e. The predicted molar refractivity (Wildman–Crippen MR) is 88.7 cm³/mol. The molecule has 0 fully saturated rings. The van der Waals surface area contributed by atoms with Crippen LogP contribution in [0.25, 0.3) is 0 Å². The zero-order valence-electron chi connectivity index (χ0n) is 12.9. The maximum atomic E-state index is 9.20. The van der Waals surface area contributed by atoms with Crippen LogP contribution in [-0.4, -0.2) is 11.7 Å². The van der Waals surface area contributed by atoms with Gasteiger partial charge in [-0.15, -0.1) is 0 Å². The summed E-state index contributed by atoms with van der Waals surface area (Å²) in [6.45, 7) is 4.88. The van der Waals surface area contributed by atoms with E-state index in [1.807, 2.05) is 0 Å². The van der Waals surface area contributed by atoms with Gasteiger partial charge in [-0.25, -0.2) is 0 Å².